The van der Waals surface area contributed by atoms with Crippen molar-refractivity contribution in [2.24, 2.45) is 17.6 Å². The van der Waals surface area contributed by atoms with Gasteiger partial charge in [0.05, 0.1) is 17.6 Å². The first-order valence-corrected chi connectivity index (χ1v) is 10.5. The molecule has 0 aliphatic rings. The monoisotopic (exact) mass is 402 g/mol. The predicted octanol–water partition coefficient (Wildman–Crippen LogP) is 1.13. The predicted molar refractivity (Wildman–Crippen MR) is 101 cm³/mol. The molecule has 9 nitrogen and oxygen atoms in total. The average Bonchev–Trinajstić information content (AvgIpc) is 3.01. The van der Waals surface area contributed by atoms with Crippen molar-refractivity contribution in [3.8, 4) is 0 Å². The molecule has 2 amide bonds. The molecule has 0 saturated heterocycles. The highest BCUT2D eigenvalue weighted by molar-refractivity contribution is 7.85. The molecule has 0 bridgehead atoms. The van der Waals surface area contributed by atoms with E-state index in [1.165, 1.54) is 13.8 Å². The molecule has 0 aliphatic heterocycles. The number of nitrogens with zero attached hydrogens (tertiary/aromatic N) is 2. The van der Waals surface area contributed by atoms with Crippen LogP contribution in [0.15, 0.2) is 18.7 Å². The number of aromatic nitrogens is 2. The third-order valence-corrected chi connectivity index (χ3v) is 5.56. The third kappa shape index (κ3) is 8.08. The maximum Gasteiger partial charge on any atom is 0.267 e. The summed E-state index contributed by atoms with van der Waals surface area (Å²) in [7, 11) is -4.22. The molecule has 3 atom stereocenters. The fraction of sp³-hybridized carbons (Fsp3) is 0.706. The van der Waals surface area contributed by atoms with Gasteiger partial charge in [-0.1, -0.05) is 13.8 Å². The lowest BCUT2D eigenvalue weighted by Gasteiger charge is -2.29. The van der Waals surface area contributed by atoms with Gasteiger partial charge in [-0.15, -0.1) is 0 Å². The van der Waals surface area contributed by atoms with Crippen LogP contribution in [0.4, 0.5) is 0 Å². The van der Waals surface area contributed by atoms with E-state index in [0.29, 0.717) is 19.3 Å². The lowest BCUT2D eigenvalue weighted by molar-refractivity contribution is -0.126. The van der Waals surface area contributed by atoms with Gasteiger partial charge in [0.15, 0.2) is 0 Å². The van der Waals surface area contributed by atoms with Crippen LogP contribution >= 0.6 is 0 Å². The van der Waals surface area contributed by atoms with Gasteiger partial charge in [0.25, 0.3) is 10.1 Å². The van der Waals surface area contributed by atoms with E-state index in [1.807, 2.05) is 11.5 Å². The van der Waals surface area contributed by atoms with E-state index in [1.54, 1.807) is 25.6 Å². The molecule has 1 aromatic rings. The number of imidazole rings is 1. The van der Waals surface area contributed by atoms with E-state index in [2.05, 4.69) is 10.3 Å². The van der Waals surface area contributed by atoms with Crippen molar-refractivity contribution in [3.05, 3.63) is 18.7 Å². The van der Waals surface area contributed by atoms with E-state index in [9.17, 15) is 18.0 Å². The summed E-state index contributed by atoms with van der Waals surface area (Å²) in [6, 6.07) is -0.157. The summed E-state index contributed by atoms with van der Waals surface area (Å²) in [4.78, 5) is 28.2. The minimum Gasteiger partial charge on any atom is -0.369 e. The number of primary amides is 1. The maximum absolute atomic E-state index is 12.5. The van der Waals surface area contributed by atoms with Crippen molar-refractivity contribution in [1.82, 2.24) is 14.9 Å². The van der Waals surface area contributed by atoms with Gasteiger partial charge >= 0.3 is 0 Å². The number of nitrogens with one attached hydrogen (secondary N) is 1. The van der Waals surface area contributed by atoms with Crippen molar-refractivity contribution >= 4 is 21.9 Å². The second-order valence-corrected chi connectivity index (χ2v) is 9.10. The Bertz CT molecular complexity index is 731. The second kappa shape index (κ2) is 9.32. The molecule has 0 saturated carbocycles. The topological polar surface area (TPSA) is 144 Å². The van der Waals surface area contributed by atoms with E-state index < -0.39 is 27.3 Å². The summed E-state index contributed by atoms with van der Waals surface area (Å²) >= 11 is 0. The Labute approximate surface area is 160 Å². The molecule has 0 radical (unpaired) electrons. The Morgan fingerprint density at radius 2 is 1.96 bits per heavy atom. The molecule has 1 rings (SSSR count). The van der Waals surface area contributed by atoms with Crippen LogP contribution in [0.5, 0.6) is 0 Å². The smallest absolute Gasteiger partial charge is 0.267 e. The van der Waals surface area contributed by atoms with Gasteiger partial charge in [0.2, 0.25) is 11.8 Å². The SMILES string of the molecule is CCC(CC(CC(C)C(=O)NC(C)(C)CS(=O)(=O)O)n1ccnc1)C(N)=O. The molecule has 27 heavy (non-hydrogen) atoms. The summed E-state index contributed by atoms with van der Waals surface area (Å²) in [5.74, 6) is -2.06. The van der Waals surface area contributed by atoms with Gasteiger partial charge in [0.1, 0.15) is 0 Å². The standard InChI is InChI=1S/C17H30N4O5S/c1-5-13(15(18)22)9-14(21-7-6-19-11-21)8-12(2)16(23)20-17(3,4)10-27(24,25)26/h6-7,11-14H,5,8-10H2,1-4H3,(H2,18,22)(H,20,23)(H,24,25,26). The highest BCUT2D eigenvalue weighted by Crippen LogP contribution is 2.27. The van der Waals surface area contributed by atoms with Gasteiger partial charge in [-0.3, -0.25) is 14.1 Å². The molecule has 0 aliphatic carbocycles. The van der Waals surface area contributed by atoms with Crippen LogP contribution in [0.3, 0.4) is 0 Å². The molecule has 3 unspecified atom stereocenters. The van der Waals surface area contributed by atoms with Gasteiger partial charge < -0.3 is 15.6 Å². The summed E-state index contributed by atoms with van der Waals surface area (Å²) in [6.45, 7) is 6.67. The lowest BCUT2D eigenvalue weighted by Crippen LogP contribution is -2.50. The van der Waals surface area contributed by atoms with Gasteiger partial charge in [-0.05, 0) is 33.1 Å². The Kier molecular flexibility index (Phi) is 7.97. The third-order valence-electron chi connectivity index (χ3n) is 4.48. The highest BCUT2D eigenvalue weighted by Gasteiger charge is 2.30. The van der Waals surface area contributed by atoms with E-state index >= 15 is 0 Å². The zero-order chi connectivity index (χ0) is 20.8. The molecule has 1 aromatic heterocycles. The van der Waals surface area contributed by atoms with E-state index in [4.69, 9.17) is 10.3 Å². The number of carbonyl (C=O) groups is 2. The maximum atomic E-state index is 12.5. The molecule has 1 heterocycles. The summed E-state index contributed by atoms with van der Waals surface area (Å²) in [5, 5.41) is 2.66. The van der Waals surface area contributed by atoms with Gasteiger partial charge in [0, 0.05) is 30.3 Å². The Morgan fingerprint density at radius 3 is 2.41 bits per heavy atom. The minimum atomic E-state index is -4.22. The zero-order valence-corrected chi connectivity index (χ0v) is 17.1. The van der Waals surface area contributed by atoms with Crippen molar-refractivity contribution in [2.75, 3.05) is 5.75 Å². The normalized spacial score (nSPS) is 15.7. The first kappa shape index (κ1) is 23.1. The first-order chi connectivity index (χ1) is 12.3. The Hall–Kier alpha value is -1.94. The molecule has 0 spiro atoms. The number of hydrogen-bond acceptors (Lipinski definition) is 5. The lowest BCUT2D eigenvalue weighted by atomic mass is 9.90. The van der Waals surface area contributed by atoms with Crippen LogP contribution in [0, 0.1) is 11.8 Å². The van der Waals surface area contributed by atoms with E-state index in [-0.39, 0.29) is 23.8 Å². The largest absolute Gasteiger partial charge is 0.369 e. The molecule has 154 valence electrons. The number of rotatable bonds is 11. The summed E-state index contributed by atoms with van der Waals surface area (Å²) in [6.07, 6.45) is 6.53. The van der Waals surface area contributed by atoms with E-state index in [0.717, 1.165) is 0 Å². The molecule has 0 fully saturated rings. The van der Waals surface area contributed by atoms with Crippen LogP contribution in [0.2, 0.25) is 0 Å². The van der Waals surface area contributed by atoms with Gasteiger partial charge in [-0.25, -0.2) is 4.98 Å². The number of nitrogens with two attached hydrogens (primary N) is 1. The number of amides is 2. The van der Waals surface area contributed by atoms with Crippen molar-refractivity contribution in [2.45, 2.75) is 58.5 Å². The van der Waals surface area contributed by atoms with Crippen LogP contribution in [-0.4, -0.2) is 45.6 Å². The van der Waals surface area contributed by atoms with Crippen LogP contribution < -0.4 is 11.1 Å². The second-order valence-electron chi connectivity index (χ2n) is 7.64. The molecular weight excluding hydrogens is 372 g/mol. The van der Waals surface area contributed by atoms with Crippen LogP contribution in [0.25, 0.3) is 0 Å². The van der Waals surface area contributed by atoms with Crippen molar-refractivity contribution < 1.29 is 22.6 Å². The Balaban J connectivity index is 2.85. The fourth-order valence-corrected chi connectivity index (χ4v) is 4.09. The average molecular weight is 403 g/mol. The molecule has 10 heteroatoms. The summed E-state index contributed by atoms with van der Waals surface area (Å²) in [5.41, 5.74) is 4.35. The van der Waals surface area contributed by atoms with Gasteiger partial charge in [-0.2, -0.15) is 8.42 Å². The molecule has 4 N–H and O–H groups in total. The van der Waals surface area contributed by atoms with Crippen LogP contribution in [-0.2, 0) is 19.7 Å². The molecular formula is C17H30N4O5S. The quantitative estimate of drug-likeness (QED) is 0.473. The number of carbonyl (C=O) groups excluding carboxylic acids is 2. The summed E-state index contributed by atoms with van der Waals surface area (Å²) < 4.78 is 33.1. The Morgan fingerprint density at radius 1 is 1.33 bits per heavy atom. The first-order valence-electron chi connectivity index (χ1n) is 8.88. The number of hydrogen-bond donors (Lipinski definition) is 3. The highest BCUT2D eigenvalue weighted by atomic mass is 32.2. The minimum absolute atomic E-state index is 0.157. The van der Waals surface area contributed by atoms with Crippen molar-refractivity contribution in [3.63, 3.8) is 0 Å². The van der Waals surface area contributed by atoms with Crippen molar-refractivity contribution in [1.29, 1.82) is 0 Å². The zero-order valence-electron chi connectivity index (χ0n) is 16.3. The van der Waals surface area contributed by atoms with Crippen LogP contribution in [0.1, 0.15) is 53.0 Å². The molecule has 0 aromatic carbocycles. The fourth-order valence-electron chi connectivity index (χ4n) is 3.10.